The number of para-hydroxylation sites is 1. The summed E-state index contributed by atoms with van der Waals surface area (Å²) in [5.74, 6) is 1.30. The number of pyridine rings is 1. The fourth-order valence-corrected chi connectivity index (χ4v) is 1.82. The molecular weight excluding hydrogens is 254 g/mol. The number of benzene rings is 1. The van der Waals surface area contributed by atoms with Crippen molar-refractivity contribution >= 4 is 6.29 Å². The summed E-state index contributed by atoms with van der Waals surface area (Å²) in [5.41, 5.74) is 1.83. The number of H-pyrrole nitrogens is 1. The molecule has 0 bridgehead atoms. The van der Waals surface area contributed by atoms with Crippen LogP contribution in [0.2, 0.25) is 0 Å². The van der Waals surface area contributed by atoms with E-state index in [1.165, 1.54) is 0 Å². The minimum absolute atomic E-state index is 0.419. The van der Waals surface area contributed by atoms with Gasteiger partial charge in [-0.25, -0.2) is 0 Å². The molecule has 0 saturated carbocycles. The normalized spacial score (nSPS) is 10.2. The van der Waals surface area contributed by atoms with Gasteiger partial charge in [-0.1, -0.05) is 18.2 Å². The molecule has 0 amide bonds. The van der Waals surface area contributed by atoms with Crippen molar-refractivity contribution in [3.05, 3.63) is 60.6 Å². The first-order chi connectivity index (χ1) is 9.86. The van der Waals surface area contributed by atoms with Crippen LogP contribution in [0.25, 0.3) is 11.3 Å². The van der Waals surface area contributed by atoms with Crippen molar-refractivity contribution < 1.29 is 9.53 Å². The largest absolute Gasteiger partial charge is 0.455 e. The third kappa shape index (κ3) is 2.42. The van der Waals surface area contributed by atoms with Gasteiger partial charge in [0.1, 0.15) is 5.75 Å². The van der Waals surface area contributed by atoms with Crippen LogP contribution in [-0.2, 0) is 0 Å². The summed E-state index contributed by atoms with van der Waals surface area (Å²) >= 11 is 0. The number of nitrogens with zero attached hydrogens (tertiary/aromatic N) is 2. The molecule has 0 aliphatic heterocycles. The average Bonchev–Trinajstić information content (AvgIpc) is 2.98. The number of nitrogens with one attached hydrogen (secondary N) is 1. The first-order valence-electron chi connectivity index (χ1n) is 6.04. The molecule has 0 spiro atoms. The molecule has 3 aromatic rings. The average molecular weight is 265 g/mol. The number of carbonyl (C=O) groups is 1. The zero-order valence-electron chi connectivity index (χ0n) is 10.5. The quantitative estimate of drug-likeness (QED) is 0.736. The monoisotopic (exact) mass is 265 g/mol. The second kappa shape index (κ2) is 5.36. The number of ether oxygens (including phenoxy) is 1. The Morgan fingerprint density at radius 3 is 2.75 bits per heavy atom. The lowest BCUT2D eigenvalue weighted by Gasteiger charge is -2.08. The third-order valence-electron chi connectivity index (χ3n) is 2.76. The molecule has 5 heteroatoms. The van der Waals surface area contributed by atoms with E-state index in [4.69, 9.17) is 4.74 Å². The van der Waals surface area contributed by atoms with Crippen molar-refractivity contribution in [1.29, 1.82) is 0 Å². The molecule has 98 valence electrons. The SMILES string of the molecule is O=Cc1cc(-c2ccncc2Oc2ccccc2)n[nH]1. The Morgan fingerprint density at radius 2 is 2.00 bits per heavy atom. The van der Waals surface area contributed by atoms with Crippen molar-refractivity contribution in [2.24, 2.45) is 0 Å². The number of hydrogen-bond acceptors (Lipinski definition) is 4. The van der Waals surface area contributed by atoms with Gasteiger partial charge in [-0.15, -0.1) is 0 Å². The highest BCUT2D eigenvalue weighted by Crippen LogP contribution is 2.31. The Kier molecular flexibility index (Phi) is 3.24. The van der Waals surface area contributed by atoms with Crippen LogP contribution in [0.3, 0.4) is 0 Å². The molecule has 1 aromatic carbocycles. The maximum Gasteiger partial charge on any atom is 0.167 e. The molecule has 0 atom stereocenters. The number of hydrogen-bond donors (Lipinski definition) is 1. The Labute approximate surface area is 115 Å². The van der Waals surface area contributed by atoms with E-state index >= 15 is 0 Å². The first-order valence-corrected chi connectivity index (χ1v) is 6.04. The van der Waals surface area contributed by atoms with Crippen molar-refractivity contribution in [2.75, 3.05) is 0 Å². The van der Waals surface area contributed by atoms with E-state index in [1.54, 1.807) is 24.5 Å². The molecule has 0 aliphatic carbocycles. The fraction of sp³-hybridized carbons (Fsp3) is 0. The minimum atomic E-state index is 0.419. The highest BCUT2D eigenvalue weighted by atomic mass is 16.5. The predicted molar refractivity (Wildman–Crippen MR) is 73.7 cm³/mol. The zero-order chi connectivity index (χ0) is 13.8. The van der Waals surface area contributed by atoms with Crippen LogP contribution in [0, 0.1) is 0 Å². The number of aldehydes is 1. The van der Waals surface area contributed by atoms with E-state index < -0.39 is 0 Å². The molecule has 2 aromatic heterocycles. The van der Waals surface area contributed by atoms with Crippen molar-refractivity contribution in [3.8, 4) is 22.8 Å². The standard InChI is InChI=1S/C15H11N3O2/c19-10-11-8-14(18-17-11)13-6-7-16-9-15(13)20-12-4-2-1-3-5-12/h1-10H,(H,17,18). The lowest BCUT2D eigenvalue weighted by molar-refractivity contribution is 0.111. The molecule has 3 rings (SSSR count). The molecule has 2 heterocycles. The molecule has 0 fully saturated rings. The molecule has 1 N–H and O–H groups in total. The first kappa shape index (κ1) is 12.1. The molecular formula is C15H11N3O2. The number of carbonyl (C=O) groups excluding carboxylic acids is 1. The summed E-state index contributed by atoms with van der Waals surface area (Å²) in [6, 6.07) is 12.9. The van der Waals surface area contributed by atoms with Crippen molar-refractivity contribution in [1.82, 2.24) is 15.2 Å². The Hall–Kier alpha value is -2.95. The molecule has 0 aliphatic rings. The van der Waals surface area contributed by atoms with Gasteiger partial charge in [-0.2, -0.15) is 5.10 Å². The lowest BCUT2D eigenvalue weighted by Crippen LogP contribution is -1.89. The van der Waals surface area contributed by atoms with Gasteiger partial charge in [-0.3, -0.25) is 14.9 Å². The summed E-state index contributed by atoms with van der Waals surface area (Å²) in [5, 5.41) is 6.75. The summed E-state index contributed by atoms with van der Waals surface area (Å²) in [4.78, 5) is 14.8. The van der Waals surface area contributed by atoms with E-state index in [0.717, 1.165) is 11.8 Å². The topological polar surface area (TPSA) is 67.9 Å². The highest BCUT2D eigenvalue weighted by Gasteiger charge is 2.10. The smallest absolute Gasteiger partial charge is 0.167 e. The van der Waals surface area contributed by atoms with E-state index in [-0.39, 0.29) is 0 Å². The predicted octanol–water partition coefficient (Wildman–Crippen LogP) is 3.08. The van der Waals surface area contributed by atoms with Crippen LogP contribution < -0.4 is 4.74 Å². The van der Waals surface area contributed by atoms with Crippen LogP contribution in [0.4, 0.5) is 0 Å². The van der Waals surface area contributed by atoms with Gasteiger partial charge in [0.05, 0.1) is 17.6 Å². The van der Waals surface area contributed by atoms with E-state index in [0.29, 0.717) is 22.9 Å². The van der Waals surface area contributed by atoms with Gasteiger partial charge in [0.25, 0.3) is 0 Å². The Balaban J connectivity index is 1.98. The minimum Gasteiger partial charge on any atom is -0.455 e. The molecule has 5 nitrogen and oxygen atoms in total. The van der Waals surface area contributed by atoms with Gasteiger partial charge < -0.3 is 4.74 Å². The second-order valence-electron chi connectivity index (χ2n) is 4.11. The van der Waals surface area contributed by atoms with E-state index in [1.807, 2.05) is 30.3 Å². The van der Waals surface area contributed by atoms with Crippen molar-refractivity contribution in [2.45, 2.75) is 0 Å². The lowest BCUT2D eigenvalue weighted by atomic mass is 10.2. The molecule has 20 heavy (non-hydrogen) atoms. The second-order valence-corrected chi connectivity index (χ2v) is 4.11. The maximum absolute atomic E-state index is 10.7. The van der Waals surface area contributed by atoms with Crippen LogP contribution in [-0.4, -0.2) is 21.5 Å². The van der Waals surface area contributed by atoms with Gasteiger partial charge in [0, 0.05) is 11.8 Å². The molecule has 0 saturated heterocycles. The van der Waals surface area contributed by atoms with Crippen LogP contribution in [0.15, 0.2) is 54.9 Å². The highest BCUT2D eigenvalue weighted by molar-refractivity contribution is 5.76. The van der Waals surface area contributed by atoms with E-state index in [9.17, 15) is 4.79 Å². The maximum atomic E-state index is 10.7. The summed E-state index contributed by atoms with van der Waals surface area (Å²) in [6.45, 7) is 0. The molecule has 0 radical (unpaired) electrons. The van der Waals surface area contributed by atoms with Gasteiger partial charge in [-0.05, 0) is 24.3 Å². The van der Waals surface area contributed by atoms with Crippen LogP contribution in [0.5, 0.6) is 11.5 Å². The zero-order valence-corrected chi connectivity index (χ0v) is 10.5. The van der Waals surface area contributed by atoms with Gasteiger partial charge >= 0.3 is 0 Å². The van der Waals surface area contributed by atoms with Gasteiger partial charge in [0.2, 0.25) is 0 Å². The summed E-state index contributed by atoms with van der Waals surface area (Å²) < 4.78 is 5.80. The number of aromatic amines is 1. The van der Waals surface area contributed by atoms with E-state index in [2.05, 4.69) is 15.2 Å². The van der Waals surface area contributed by atoms with Crippen molar-refractivity contribution in [3.63, 3.8) is 0 Å². The summed E-state index contributed by atoms with van der Waals surface area (Å²) in [6.07, 6.45) is 4.00. The van der Waals surface area contributed by atoms with Crippen LogP contribution >= 0.6 is 0 Å². The van der Waals surface area contributed by atoms with Crippen LogP contribution in [0.1, 0.15) is 10.5 Å². The Morgan fingerprint density at radius 1 is 1.15 bits per heavy atom. The number of rotatable bonds is 4. The summed E-state index contributed by atoms with van der Waals surface area (Å²) in [7, 11) is 0. The molecule has 0 unspecified atom stereocenters. The van der Waals surface area contributed by atoms with Gasteiger partial charge in [0.15, 0.2) is 12.0 Å². The fourth-order valence-electron chi connectivity index (χ4n) is 1.82. The third-order valence-corrected chi connectivity index (χ3v) is 2.76. The number of aromatic nitrogens is 3. The Bertz CT molecular complexity index is 723.